The Morgan fingerprint density at radius 1 is 1.11 bits per heavy atom. The molecule has 1 N–H and O–H groups in total. The van der Waals surface area contributed by atoms with Crippen molar-refractivity contribution >= 4 is 16.6 Å². The molecule has 0 aliphatic heterocycles. The van der Waals surface area contributed by atoms with Gasteiger partial charge in [-0.1, -0.05) is 42.5 Å². The van der Waals surface area contributed by atoms with Crippen LogP contribution in [0.1, 0.15) is 23.2 Å². The van der Waals surface area contributed by atoms with E-state index in [2.05, 4.69) is 5.32 Å². The first-order chi connectivity index (χ1) is 8.84. The molecule has 92 valence electrons. The standard InChI is InChI=1S/C16H17NO/c18-16(11-17-10-12-8-9-12)15-7-3-5-13-4-1-2-6-14(13)15/h1-7,12,17H,8-11H2. The van der Waals surface area contributed by atoms with Crippen molar-refractivity contribution in [1.29, 1.82) is 0 Å². The number of ketones is 1. The van der Waals surface area contributed by atoms with Crippen LogP contribution >= 0.6 is 0 Å². The fourth-order valence-electron chi connectivity index (χ4n) is 2.28. The molecule has 1 saturated carbocycles. The fourth-order valence-corrected chi connectivity index (χ4v) is 2.28. The second-order valence-corrected chi connectivity index (χ2v) is 5.02. The lowest BCUT2D eigenvalue weighted by Crippen LogP contribution is -2.25. The number of rotatable bonds is 5. The molecule has 1 aliphatic carbocycles. The minimum Gasteiger partial charge on any atom is -0.309 e. The van der Waals surface area contributed by atoms with Crippen LogP contribution in [-0.4, -0.2) is 18.9 Å². The number of nitrogens with one attached hydrogen (secondary N) is 1. The van der Waals surface area contributed by atoms with E-state index in [4.69, 9.17) is 0 Å². The topological polar surface area (TPSA) is 29.1 Å². The molecule has 2 heteroatoms. The minimum absolute atomic E-state index is 0.187. The van der Waals surface area contributed by atoms with E-state index in [9.17, 15) is 4.79 Å². The molecule has 0 aromatic heterocycles. The van der Waals surface area contributed by atoms with Crippen LogP contribution in [0.2, 0.25) is 0 Å². The number of Topliss-reactive ketones (excluding diaryl/α,β-unsaturated/α-hetero) is 1. The van der Waals surface area contributed by atoms with E-state index in [0.29, 0.717) is 6.54 Å². The molecule has 0 radical (unpaired) electrons. The van der Waals surface area contributed by atoms with Crippen LogP contribution in [0, 0.1) is 5.92 Å². The number of fused-ring (bicyclic) bond motifs is 1. The predicted octanol–water partition coefficient (Wildman–Crippen LogP) is 3.02. The van der Waals surface area contributed by atoms with Crippen LogP contribution in [0.25, 0.3) is 10.8 Å². The highest BCUT2D eigenvalue weighted by Crippen LogP contribution is 2.27. The summed E-state index contributed by atoms with van der Waals surface area (Å²) in [7, 11) is 0. The Balaban J connectivity index is 1.77. The zero-order chi connectivity index (χ0) is 12.4. The van der Waals surface area contributed by atoms with Gasteiger partial charge in [-0.05, 0) is 36.1 Å². The van der Waals surface area contributed by atoms with Crippen LogP contribution in [0.5, 0.6) is 0 Å². The van der Waals surface area contributed by atoms with Gasteiger partial charge in [-0.25, -0.2) is 0 Å². The summed E-state index contributed by atoms with van der Waals surface area (Å²) in [6.45, 7) is 1.43. The maximum Gasteiger partial charge on any atom is 0.177 e. The van der Waals surface area contributed by atoms with E-state index >= 15 is 0 Å². The van der Waals surface area contributed by atoms with Crippen LogP contribution < -0.4 is 5.32 Å². The number of carbonyl (C=O) groups is 1. The van der Waals surface area contributed by atoms with Gasteiger partial charge in [0.25, 0.3) is 0 Å². The maximum absolute atomic E-state index is 12.2. The third-order valence-corrected chi connectivity index (χ3v) is 3.51. The first-order valence-corrected chi connectivity index (χ1v) is 6.56. The van der Waals surface area contributed by atoms with Crippen molar-refractivity contribution in [3.63, 3.8) is 0 Å². The van der Waals surface area contributed by atoms with Gasteiger partial charge in [0, 0.05) is 5.56 Å². The number of hydrogen-bond acceptors (Lipinski definition) is 2. The zero-order valence-corrected chi connectivity index (χ0v) is 10.4. The SMILES string of the molecule is O=C(CNCC1CC1)c1cccc2ccccc12. The van der Waals surface area contributed by atoms with Crippen molar-refractivity contribution in [3.05, 3.63) is 48.0 Å². The highest BCUT2D eigenvalue weighted by atomic mass is 16.1. The molecule has 0 atom stereocenters. The Hall–Kier alpha value is -1.67. The summed E-state index contributed by atoms with van der Waals surface area (Å²) in [4.78, 5) is 12.2. The summed E-state index contributed by atoms with van der Waals surface area (Å²) < 4.78 is 0. The highest BCUT2D eigenvalue weighted by molar-refractivity contribution is 6.08. The molecule has 0 saturated heterocycles. The average Bonchev–Trinajstić information content (AvgIpc) is 3.22. The Labute approximate surface area is 107 Å². The van der Waals surface area contributed by atoms with Gasteiger partial charge in [0.1, 0.15) is 0 Å². The van der Waals surface area contributed by atoms with Gasteiger partial charge in [-0.15, -0.1) is 0 Å². The Kier molecular flexibility index (Phi) is 3.11. The molecule has 0 spiro atoms. The van der Waals surface area contributed by atoms with Gasteiger partial charge in [0.2, 0.25) is 0 Å². The van der Waals surface area contributed by atoms with Crippen molar-refractivity contribution in [2.45, 2.75) is 12.8 Å². The quantitative estimate of drug-likeness (QED) is 0.813. The Morgan fingerprint density at radius 2 is 1.89 bits per heavy atom. The lowest BCUT2D eigenvalue weighted by atomic mass is 10.0. The van der Waals surface area contributed by atoms with Gasteiger partial charge in [-0.3, -0.25) is 4.79 Å². The normalized spacial score (nSPS) is 14.9. The van der Waals surface area contributed by atoms with Crippen molar-refractivity contribution in [2.24, 2.45) is 5.92 Å². The average molecular weight is 239 g/mol. The molecule has 2 aromatic rings. The van der Waals surface area contributed by atoms with Crippen LogP contribution in [0.15, 0.2) is 42.5 Å². The fraction of sp³-hybridized carbons (Fsp3) is 0.312. The van der Waals surface area contributed by atoms with Gasteiger partial charge in [0.15, 0.2) is 5.78 Å². The van der Waals surface area contributed by atoms with Crippen LogP contribution in [0.3, 0.4) is 0 Å². The summed E-state index contributed by atoms with van der Waals surface area (Å²) in [5, 5.41) is 5.44. The second kappa shape index (κ2) is 4.91. The van der Waals surface area contributed by atoms with Crippen LogP contribution in [0.4, 0.5) is 0 Å². The molecule has 0 unspecified atom stereocenters. The lowest BCUT2D eigenvalue weighted by molar-refractivity contribution is 0.0992. The molecular weight excluding hydrogens is 222 g/mol. The molecule has 1 fully saturated rings. The first-order valence-electron chi connectivity index (χ1n) is 6.56. The van der Waals surface area contributed by atoms with Gasteiger partial charge in [-0.2, -0.15) is 0 Å². The number of hydrogen-bond donors (Lipinski definition) is 1. The molecule has 3 rings (SSSR count). The maximum atomic E-state index is 12.2. The summed E-state index contributed by atoms with van der Waals surface area (Å²) in [6, 6.07) is 14.0. The van der Waals surface area contributed by atoms with E-state index in [1.807, 2.05) is 42.5 Å². The van der Waals surface area contributed by atoms with E-state index < -0.39 is 0 Å². The smallest absolute Gasteiger partial charge is 0.177 e. The van der Waals surface area contributed by atoms with Gasteiger partial charge in [0.05, 0.1) is 6.54 Å². The Morgan fingerprint density at radius 3 is 2.72 bits per heavy atom. The van der Waals surface area contributed by atoms with E-state index in [-0.39, 0.29) is 5.78 Å². The highest BCUT2D eigenvalue weighted by Gasteiger charge is 2.20. The summed E-state index contributed by atoms with van der Waals surface area (Å²) in [5.41, 5.74) is 0.830. The largest absolute Gasteiger partial charge is 0.309 e. The zero-order valence-electron chi connectivity index (χ0n) is 10.4. The molecule has 2 aromatic carbocycles. The van der Waals surface area contributed by atoms with Crippen molar-refractivity contribution in [2.75, 3.05) is 13.1 Å². The second-order valence-electron chi connectivity index (χ2n) is 5.02. The van der Waals surface area contributed by atoms with Gasteiger partial charge >= 0.3 is 0 Å². The summed E-state index contributed by atoms with van der Waals surface area (Å²) in [6.07, 6.45) is 2.63. The van der Waals surface area contributed by atoms with Crippen molar-refractivity contribution < 1.29 is 4.79 Å². The Bertz CT molecular complexity index is 567. The summed E-state index contributed by atoms with van der Waals surface area (Å²) in [5.74, 6) is 0.998. The molecule has 0 amide bonds. The number of carbonyl (C=O) groups excluding carboxylic acids is 1. The molecule has 0 bridgehead atoms. The first kappa shape index (κ1) is 11.4. The van der Waals surface area contributed by atoms with Crippen LogP contribution in [-0.2, 0) is 0 Å². The van der Waals surface area contributed by atoms with Crippen molar-refractivity contribution in [1.82, 2.24) is 5.32 Å². The number of benzene rings is 2. The van der Waals surface area contributed by atoms with E-state index in [0.717, 1.165) is 28.8 Å². The minimum atomic E-state index is 0.187. The molecule has 18 heavy (non-hydrogen) atoms. The van der Waals surface area contributed by atoms with E-state index in [1.165, 1.54) is 12.8 Å². The monoisotopic (exact) mass is 239 g/mol. The molecule has 1 aliphatic rings. The van der Waals surface area contributed by atoms with E-state index in [1.54, 1.807) is 0 Å². The molecule has 2 nitrogen and oxygen atoms in total. The third kappa shape index (κ3) is 2.44. The third-order valence-electron chi connectivity index (χ3n) is 3.51. The van der Waals surface area contributed by atoms with Gasteiger partial charge < -0.3 is 5.32 Å². The predicted molar refractivity (Wildman–Crippen MR) is 73.9 cm³/mol. The lowest BCUT2D eigenvalue weighted by Gasteiger charge is -2.06. The molecule has 0 heterocycles. The molecular formula is C16H17NO. The summed E-state index contributed by atoms with van der Waals surface area (Å²) >= 11 is 0. The van der Waals surface area contributed by atoms with Crippen molar-refractivity contribution in [3.8, 4) is 0 Å².